The van der Waals surface area contributed by atoms with E-state index in [1.165, 1.54) is 24.3 Å². The third-order valence-corrected chi connectivity index (χ3v) is 4.08. The van der Waals surface area contributed by atoms with Gasteiger partial charge in [0.15, 0.2) is 0 Å². The molecule has 1 aliphatic heterocycles. The molecule has 1 aromatic carbocycles. The van der Waals surface area contributed by atoms with Crippen molar-refractivity contribution in [2.24, 2.45) is 5.41 Å². The van der Waals surface area contributed by atoms with Crippen molar-refractivity contribution in [1.82, 2.24) is 4.90 Å². The van der Waals surface area contributed by atoms with Crippen LogP contribution in [0.5, 0.6) is 0 Å². The molecular formula is C18H30N2. The molecule has 0 N–H and O–H groups in total. The molecule has 0 amide bonds. The number of rotatable bonds is 3. The van der Waals surface area contributed by atoms with Crippen LogP contribution < -0.4 is 4.90 Å². The topological polar surface area (TPSA) is 6.48 Å². The fraction of sp³-hybridized carbons (Fsp3) is 0.667. The van der Waals surface area contributed by atoms with Gasteiger partial charge in [0, 0.05) is 37.9 Å². The largest absolute Gasteiger partial charge is 0.369 e. The highest BCUT2D eigenvalue weighted by Gasteiger charge is 2.19. The number of anilines is 1. The van der Waals surface area contributed by atoms with Crippen LogP contribution in [0, 0.1) is 5.41 Å². The minimum Gasteiger partial charge on any atom is -0.369 e. The lowest BCUT2D eigenvalue weighted by Crippen LogP contribution is -2.48. The van der Waals surface area contributed by atoms with Gasteiger partial charge in [0.25, 0.3) is 0 Å². The molecule has 2 nitrogen and oxygen atoms in total. The summed E-state index contributed by atoms with van der Waals surface area (Å²) in [4.78, 5) is 5.07. The van der Waals surface area contributed by atoms with Crippen LogP contribution in [0.4, 0.5) is 5.69 Å². The number of benzene rings is 1. The Morgan fingerprint density at radius 1 is 0.950 bits per heavy atom. The van der Waals surface area contributed by atoms with E-state index in [1.54, 1.807) is 0 Å². The summed E-state index contributed by atoms with van der Waals surface area (Å²) in [5.74, 6) is 0. The molecule has 1 aliphatic rings. The molecular weight excluding hydrogens is 244 g/mol. The highest BCUT2D eigenvalue weighted by atomic mass is 15.3. The molecule has 1 fully saturated rings. The maximum absolute atomic E-state index is 2.56. The van der Waals surface area contributed by atoms with Crippen LogP contribution in [0.3, 0.4) is 0 Å². The van der Waals surface area contributed by atoms with Gasteiger partial charge in [-0.05, 0) is 43.4 Å². The third-order valence-electron chi connectivity index (χ3n) is 4.08. The van der Waals surface area contributed by atoms with E-state index >= 15 is 0 Å². The minimum absolute atomic E-state index is 0.365. The van der Waals surface area contributed by atoms with Crippen LogP contribution in [0.2, 0.25) is 0 Å². The summed E-state index contributed by atoms with van der Waals surface area (Å²) in [6.07, 6.45) is 1.15. The number of nitrogens with zero attached hydrogens (tertiary/aromatic N) is 2. The second-order valence-electron chi connectivity index (χ2n) is 7.52. The summed E-state index contributed by atoms with van der Waals surface area (Å²) in [6.45, 7) is 16.1. The average molecular weight is 274 g/mol. The number of hydrogen-bond donors (Lipinski definition) is 0. The summed E-state index contributed by atoms with van der Waals surface area (Å²) in [7, 11) is 0. The van der Waals surface area contributed by atoms with Crippen molar-refractivity contribution in [3.63, 3.8) is 0 Å². The highest BCUT2D eigenvalue weighted by Crippen LogP contribution is 2.23. The van der Waals surface area contributed by atoms with Crippen molar-refractivity contribution in [3.05, 3.63) is 29.8 Å². The first-order valence-corrected chi connectivity index (χ1v) is 7.93. The van der Waals surface area contributed by atoms with Crippen molar-refractivity contribution < 1.29 is 0 Å². The lowest BCUT2D eigenvalue weighted by molar-refractivity contribution is 0.209. The zero-order valence-corrected chi connectivity index (χ0v) is 13.8. The van der Waals surface area contributed by atoms with Crippen LogP contribution in [-0.4, -0.2) is 37.1 Å². The van der Waals surface area contributed by atoms with Gasteiger partial charge in [-0.15, -0.1) is 0 Å². The predicted octanol–water partition coefficient (Wildman–Crippen LogP) is 3.81. The van der Waals surface area contributed by atoms with Crippen LogP contribution in [-0.2, 0) is 6.42 Å². The third kappa shape index (κ3) is 4.24. The van der Waals surface area contributed by atoms with Gasteiger partial charge in [-0.1, -0.05) is 32.9 Å². The SMILES string of the molecule is CC(C)N1CCN(c2ccc(CC(C)(C)C)cc2)CC1. The Labute approximate surface area is 124 Å². The van der Waals surface area contributed by atoms with Gasteiger partial charge in [0.05, 0.1) is 0 Å². The fourth-order valence-electron chi connectivity index (χ4n) is 2.93. The van der Waals surface area contributed by atoms with Gasteiger partial charge >= 0.3 is 0 Å². The van der Waals surface area contributed by atoms with Crippen molar-refractivity contribution in [2.75, 3.05) is 31.1 Å². The lowest BCUT2D eigenvalue weighted by atomic mass is 9.88. The Balaban J connectivity index is 1.94. The Hall–Kier alpha value is -1.02. The molecule has 0 aromatic heterocycles. The van der Waals surface area contributed by atoms with E-state index in [0.29, 0.717) is 11.5 Å². The normalized spacial score (nSPS) is 17.8. The molecule has 0 atom stereocenters. The first kappa shape index (κ1) is 15.4. The van der Waals surface area contributed by atoms with Gasteiger partial charge in [0.1, 0.15) is 0 Å². The summed E-state index contributed by atoms with van der Waals surface area (Å²) in [5, 5.41) is 0. The lowest BCUT2D eigenvalue weighted by Gasteiger charge is -2.38. The molecule has 0 spiro atoms. The average Bonchev–Trinajstić information content (AvgIpc) is 2.38. The van der Waals surface area contributed by atoms with E-state index in [-0.39, 0.29) is 0 Å². The minimum atomic E-state index is 0.365. The molecule has 112 valence electrons. The maximum Gasteiger partial charge on any atom is 0.0367 e. The zero-order valence-electron chi connectivity index (χ0n) is 13.8. The molecule has 0 bridgehead atoms. The van der Waals surface area contributed by atoms with Gasteiger partial charge in [-0.2, -0.15) is 0 Å². The maximum atomic E-state index is 2.56. The van der Waals surface area contributed by atoms with Crippen molar-refractivity contribution in [2.45, 2.75) is 47.1 Å². The second kappa shape index (κ2) is 6.17. The van der Waals surface area contributed by atoms with Gasteiger partial charge < -0.3 is 4.90 Å². The Morgan fingerprint density at radius 3 is 1.95 bits per heavy atom. The Morgan fingerprint density at radius 2 is 1.50 bits per heavy atom. The predicted molar refractivity (Wildman–Crippen MR) is 88.5 cm³/mol. The van der Waals surface area contributed by atoms with Gasteiger partial charge in [-0.3, -0.25) is 4.90 Å². The molecule has 0 radical (unpaired) electrons. The van der Waals surface area contributed by atoms with Crippen molar-refractivity contribution in [1.29, 1.82) is 0 Å². The van der Waals surface area contributed by atoms with E-state index in [4.69, 9.17) is 0 Å². The summed E-state index contributed by atoms with van der Waals surface area (Å²) >= 11 is 0. The van der Waals surface area contributed by atoms with Gasteiger partial charge in [0.2, 0.25) is 0 Å². The Bertz CT molecular complexity index is 406. The van der Waals surface area contributed by atoms with E-state index in [0.717, 1.165) is 19.5 Å². The zero-order chi connectivity index (χ0) is 14.8. The second-order valence-corrected chi connectivity index (χ2v) is 7.52. The first-order chi connectivity index (χ1) is 9.35. The van der Waals surface area contributed by atoms with E-state index in [2.05, 4.69) is 68.7 Å². The summed E-state index contributed by atoms with van der Waals surface area (Å²) in [6, 6.07) is 9.87. The summed E-state index contributed by atoms with van der Waals surface area (Å²) in [5.41, 5.74) is 3.19. The smallest absolute Gasteiger partial charge is 0.0367 e. The fourth-order valence-corrected chi connectivity index (χ4v) is 2.93. The Kier molecular flexibility index (Phi) is 4.74. The number of piperazine rings is 1. The molecule has 1 heterocycles. The monoisotopic (exact) mass is 274 g/mol. The molecule has 20 heavy (non-hydrogen) atoms. The molecule has 2 rings (SSSR count). The van der Waals surface area contributed by atoms with Crippen LogP contribution in [0.15, 0.2) is 24.3 Å². The quantitative estimate of drug-likeness (QED) is 0.827. The molecule has 1 saturated heterocycles. The first-order valence-electron chi connectivity index (χ1n) is 7.93. The highest BCUT2D eigenvalue weighted by molar-refractivity contribution is 5.48. The number of hydrogen-bond acceptors (Lipinski definition) is 2. The molecule has 1 aromatic rings. The van der Waals surface area contributed by atoms with Crippen LogP contribution in [0.25, 0.3) is 0 Å². The molecule has 0 unspecified atom stereocenters. The van der Waals surface area contributed by atoms with Crippen molar-refractivity contribution >= 4 is 5.69 Å². The van der Waals surface area contributed by atoms with E-state index in [9.17, 15) is 0 Å². The molecule has 0 saturated carbocycles. The standard InChI is InChI=1S/C18H30N2/c1-15(2)19-10-12-20(13-11-19)17-8-6-16(7-9-17)14-18(3,4)5/h6-9,15H,10-14H2,1-5H3. The molecule has 2 heteroatoms. The van der Waals surface area contributed by atoms with E-state index in [1.807, 2.05) is 0 Å². The molecule has 0 aliphatic carbocycles. The van der Waals surface area contributed by atoms with E-state index < -0.39 is 0 Å². The van der Waals surface area contributed by atoms with Crippen LogP contribution >= 0.6 is 0 Å². The summed E-state index contributed by atoms with van der Waals surface area (Å²) < 4.78 is 0. The van der Waals surface area contributed by atoms with Crippen molar-refractivity contribution in [3.8, 4) is 0 Å². The van der Waals surface area contributed by atoms with Gasteiger partial charge in [-0.25, -0.2) is 0 Å². The van der Waals surface area contributed by atoms with Crippen LogP contribution in [0.1, 0.15) is 40.2 Å².